The van der Waals surface area contributed by atoms with E-state index in [0.29, 0.717) is 27.9 Å². The second-order valence-electron chi connectivity index (χ2n) is 4.85. The number of nitrogens with zero attached hydrogens (tertiary/aromatic N) is 3. The minimum atomic E-state index is -0.0758. The highest BCUT2D eigenvalue weighted by molar-refractivity contribution is 7.99. The van der Waals surface area contributed by atoms with Crippen molar-refractivity contribution in [3.8, 4) is 6.07 Å². The molecule has 1 N–H and O–H groups in total. The maximum Gasteiger partial charge on any atom is 0.226 e. The zero-order valence-electron chi connectivity index (χ0n) is 12.9. The van der Waals surface area contributed by atoms with E-state index in [2.05, 4.69) is 28.3 Å². The molecule has 0 bridgehead atoms. The molecule has 120 valence electrons. The van der Waals surface area contributed by atoms with Gasteiger partial charge in [0, 0.05) is 29.4 Å². The molecular formula is C16H18N4OS2. The van der Waals surface area contributed by atoms with Crippen LogP contribution in [0.25, 0.3) is 0 Å². The summed E-state index contributed by atoms with van der Waals surface area (Å²) in [4.78, 5) is 20.4. The molecule has 0 saturated carbocycles. The van der Waals surface area contributed by atoms with Gasteiger partial charge in [-0.15, -0.1) is 23.1 Å². The standard InChI is InChI=1S/C16H18N4OS2/c1-2-3-4-13-6-5-12(11-17)15(19-13)22-9-7-14(21)20-16-18-8-10-23-16/h5-6,8,10H,2-4,7,9H2,1H3,(H,18,20,21). The Kier molecular flexibility index (Phi) is 7.04. The van der Waals surface area contributed by atoms with Crippen LogP contribution in [-0.2, 0) is 11.2 Å². The fourth-order valence-corrected chi connectivity index (χ4v) is 3.36. The Morgan fingerprint density at radius 2 is 2.35 bits per heavy atom. The summed E-state index contributed by atoms with van der Waals surface area (Å²) in [5, 5.41) is 15.1. The first kappa shape index (κ1) is 17.4. The molecule has 0 fully saturated rings. The number of rotatable bonds is 8. The summed E-state index contributed by atoms with van der Waals surface area (Å²) < 4.78 is 0. The van der Waals surface area contributed by atoms with Gasteiger partial charge in [0.25, 0.3) is 0 Å². The lowest BCUT2D eigenvalue weighted by Crippen LogP contribution is -2.12. The Balaban J connectivity index is 1.88. The molecule has 5 nitrogen and oxygen atoms in total. The van der Waals surface area contributed by atoms with Crippen molar-refractivity contribution < 1.29 is 4.79 Å². The summed E-state index contributed by atoms with van der Waals surface area (Å²) in [7, 11) is 0. The third kappa shape index (κ3) is 5.66. The molecule has 0 aliphatic carbocycles. The maximum absolute atomic E-state index is 11.8. The van der Waals surface area contributed by atoms with Crippen LogP contribution in [0.15, 0.2) is 28.7 Å². The molecule has 1 amide bonds. The Labute approximate surface area is 144 Å². The predicted molar refractivity (Wildman–Crippen MR) is 93.6 cm³/mol. The number of aromatic nitrogens is 2. The number of nitriles is 1. The van der Waals surface area contributed by atoms with Gasteiger partial charge in [0.05, 0.1) is 5.56 Å². The average molecular weight is 346 g/mol. The van der Waals surface area contributed by atoms with Gasteiger partial charge in [0.1, 0.15) is 11.1 Å². The molecule has 0 aliphatic heterocycles. The van der Waals surface area contributed by atoms with Gasteiger partial charge in [0.15, 0.2) is 5.13 Å². The zero-order chi connectivity index (χ0) is 16.5. The van der Waals surface area contributed by atoms with Crippen molar-refractivity contribution >= 4 is 34.1 Å². The number of nitrogens with one attached hydrogen (secondary N) is 1. The van der Waals surface area contributed by atoms with E-state index in [1.54, 1.807) is 6.20 Å². The van der Waals surface area contributed by atoms with Gasteiger partial charge in [-0.1, -0.05) is 13.3 Å². The van der Waals surface area contributed by atoms with E-state index in [0.717, 1.165) is 25.0 Å². The van der Waals surface area contributed by atoms with Crippen molar-refractivity contribution in [1.82, 2.24) is 9.97 Å². The number of hydrogen-bond acceptors (Lipinski definition) is 6. The molecule has 0 radical (unpaired) electrons. The number of thioether (sulfide) groups is 1. The highest BCUT2D eigenvalue weighted by Gasteiger charge is 2.09. The lowest BCUT2D eigenvalue weighted by Gasteiger charge is -2.06. The number of pyridine rings is 1. The quantitative estimate of drug-likeness (QED) is 0.734. The van der Waals surface area contributed by atoms with Gasteiger partial charge in [-0.2, -0.15) is 5.26 Å². The van der Waals surface area contributed by atoms with E-state index in [1.807, 2.05) is 17.5 Å². The minimum absolute atomic E-state index is 0.0758. The molecule has 2 rings (SSSR count). The number of aryl methyl sites for hydroxylation is 1. The van der Waals surface area contributed by atoms with E-state index in [1.165, 1.54) is 23.1 Å². The first-order chi connectivity index (χ1) is 11.2. The van der Waals surface area contributed by atoms with Gasteiger partial charge < -0.3 is 5.32 Å². The highest BCUT2D eigenvalue weighted by Crippen LogP contribution is 2.22. The van der Waals surface area contributed by atoms with E-state index in [4.69, 9.17) is 0 Å². The molecule has 0 aromatic carbocycles. The number of thiazole rings is 1. The summed E-state index contributed by atoms with van der Waals surface area (Å²) in [6, 6.07) is 5.89. The molecule has 23 heavy (non-hydrogen) atoms. The van der Waals surface area contributed by atoms with Gasteiger partial charge in [-0.05, 0) is 25.0 Å². The summed E-state index contributed by atoms with van der Waals surface area (Å²) in [5.74, 6) is 0.504. The molecule has 0 saturated heterocycles. The minimum Gasteiger partial charge on any atom is -0.302 e. The van der Waals surface area contributed by atoms with E-state index in [9.17, 15) is 10.1 Å². The van der Waals surface area contributed by atoms with Crippen LogP contribution >= 0.6 is 23.1 Å². The van der Waals surface area contributed by atoms with Crippen molar-refractivity contribution in [2.75, 3.05) is 11.1 Å². The van der Waals surface area contributed by atoms with E-state index < -0.39 is 0 Å². The lowest BCUT2D eigenvalue weighted by atomic mass is 10.2. The number of amides is 1. The molecule has 2 aromatic heterocycles. The highest BCUT2D eigenvalue weighted by atomic mass is 32.2. The van der Waals surface area contributed by atoms with Crippen molar-refractivity contribution in [2.24, 2.45) is 0 Å². The third-order valence-electron chi connectivity index (χ3n) is 3.07. The number of carbonyl (C=O) groups excluding carboxylic acids is 1. The fourth-order valence-electron chi connectivity index (χ4n) is 1.88. The first-order valence-electron chi connectivity index (χ1n) is 7.45. The molecule has 0 aliphatic rings. The topological polar surface area (TPSA) is 78.7 Å². The van der Waals surface area contributed by atoms with Crippen LogP contribution in [0, 0.1) is 11.3 Å². The van der Waals surface area contributed by atoms with Gasteiger partial charge in [-0.3, -0.25) is 4.79 Å². The van der Waals surface area contributed by atoms with Crippen molar-refractivity contribution in [2.45, 2.75) is 37.6 Å². The van der Waals surface area contributed by atoms with Gasteiger partial charge in [0.2, 0.25) is 5.91 Å². The van der Waals surface area contributed by atoms with Crippen LogP contribution in [0.5, 0.6) is 0 Å². The SMILES string of the molecule is CCCCc1ccc(C#N)c(SCCC(=O)Nc2nccs2)n1. The maximum atomic E-state index is 11.8. The van der Waals surface area contributed by atoms with Crippen molar-refractivity contribution in [3.63, 3.8) is 0 Å². The lowest BCUT2D eigenvalue weighted by molar-refractivity contribution is -0.115. The fraction of sp³-hybridized carbons (Fsp3) is 0.375. The molecule has 2 aromatic rings. The van der Waals surface area contributed by atoms with Crippen LogP contribution in [0.4, 0.5) is 5.13 Å². The Hall–Kier alpha value is -1.91. The molecule has 7 heteroatoms. The second kappa shape index (κ2) is 9.28. The molecule has 0 unspecified atom stereocenters. The van der Waals surface area contributed by atoms with Crippen LogP contribution in [0.1, 0.15) is 37.4 Å². The molecule has 0 spiro atoms. The first-order valence-corrected chi connectivity index (χ1v) is 9.31. The normalized spacial score (nSPS) is 10.3. The van der Waals surface area contributed by atoms with Gasteiger partial charge >= 0.3 is 0 Å². The molecule has 0 atom stereocenters. The Bertz CT molecular complexity index is 680. The summed E-state index contributed by atoms with van der Waals surface area (Å²) in [6.07, 6.45) is 5.12. The molecular weight excluding hydrogens is 328 g/mol. The average Bonchev–Trinajstić information content (AvgIpc) is 3.06. The smallest absolute Gasteiger partial charge is 0.226 e. The second-order valence-corrected chi connectivity index (χ2v) is 6.83. The van der Waals surface area contributed by atoms with Crippen LogP contribution < -0.4 is 5.32 Å². The van der Waals surface area contributed by atoms with Gasteiger partial charge in [-0.25, -0.2) is 9.97 Å². The monoisotopic (exact) mass is 346 g/mol. The summed E-state index contributed by atoms with van der Waals surface area (Å²) in [6.45, 7) is 2.14. The largest absolute Gasteiger partial charge is 0.302 e. The number of anilines is 1. The number of carbonyl (C=O) groups is 1. The summed E-state index contributed by atoms with van der Waals surface area (Å²) >= 11 is 2.84. The Morgan fingerprint density at radius 1 is 1.48 bits per heavy atom. The van der Waals surface area contributed by atoms with Crippen LogP contribution in [0.3, 0.4) is 0 Å². The van der Waals surface area contributed by atoms with Crippen LogP contribution in [-0.4, -0.2) is 21.6 Å². The molecule has 2 heterocycles. The number of hydrogen-bond donors (Lipinski definition) is 1. The zero-order valence-corrected chi connectivity index (χ0v) is 14.5. The van der Waals surface area contributed by atoms with E-state index in [-0.39, 0.29) is 5.91 Å². The van der Waals surface area contributed by atoms with Crippen molar-refractivity contribution in [1.29, 1.82) is 5.26 Å². The predicted octanol–water partition coefficient (Wildman–Crippen LogP) is 3.87. The number of unbranched alkanes of at least 4 members (excludes halogenated alkanes) is 1. The third-order valence-corrected chi connectivity index (χ3v) is 4.75. The van der Waals surface area contributed by atoms with Crippen LogP contribution in [0.2, 0.25) is 0 Å². The Morgan fingerprint density at radius 3 is 3.04 bits per heavy atom. The van der Waals surface area contributed by atoms with E-state index >= 15 is 0 Å². The van der Waals surface area contributed by atoms with Crippen molar-refractivity contribution in [3.05, 3.63) is 35.0 Å². The summed E-state index contributed by atoms with van der Waals surface area (Å²) in [5.41, 5.74) is 1.57.